The quantitative estimate of drug-likeness (QED) is 0.889. The lowest BCUT2D eigenvalue weighted by Gasteiger charge is -2.31. The molecule has 1 aliphatic rings. The van der Waals surface area contributed by atoms with Gasteiger partial charge in [0, 0.05) is 12.2 Å². The number of H-pyrrole nitrogens is 1. The molecule has 1 N–H and O–H groups in total. The summed E-state index contributed by atoms with van der Waals surface area (Å²) in [6.45, 7) is 6.77. The predicted molar refractivity (Wildman–Crippen MR) is 75.4 cm³/mol. The van der Waals surface area contributed by atoms with E-state index in [2.05, 4.69) is 18.8 Å². The van der Waals surface area contributed by atoms with Crippen molar-refractivity contribution in [3.63, 3.8) is 0 Å². The van der Waals surface area contributed by atoms with Crippen molar-refractivity contribution >= 4 is 0 Å². The molecule has 1 heterocycles. The summed E-state index contributed by atoms with van der Waals surface area (Å²) in [7, 11) is 0. The zero-order valence-electron chi connectivity index (χ0n) is 12.2. The highest BCUT2D eigenvalue weighted by Crippen LogP contribution is 2.31. The molecule has 0 unspecified atom stereocenters. The average molecular weight is 264 g/mol. The van der Waals surface area contributed by atoms with Crippen molar-refractivity contribution in [2.24, 2.45) is 0 Å². The first kappa shape index (κ1) is 14.3. The van der Waals surface area contributed by atoms with Gasteiger partial charge in [-0.05, 0) is 45.4 Å². The van der Waals surface area contributed by atoms with Crippen molar-refractivity contribution in [1.29, 1.82) is 0 Å². The molecule has 4 heteroatoms. The monoisotopic (exact) mass is 264 g/mol. The molecular weight excluding hydrogens is 240 g/mol. The first-order chi connectivity index (χ1) is 9.16. The largest absolute Gasteiger partial charge is 0.367 e. The summed E-state index contributed by atoms with van der Waals surface area (Å²) in [4.78, 5) is 19.9. The smallest absolute Gasteiger partial charge is 0.254 e. The van der Waals surface area contributed by atoms with Crippen LogP contribution in [0.2, 0.25) is 0 Å². The fraction of sp³-hybridized carbons (Fsp3) is 0.733. The number of ether oxygens (including phenoxy) is 1. The second-order valence-electron chi connectivity index (χ2n) is 5.18. The minimum absolute atomic E-state index is 0.0330. The molecule has 1 aromatic heterocycles. The molecule has 106 valence electrons. The molecule has 0 saturated carbocycles. The number of aromatic amines is 1. The molecule has 0 atom stereocenters. The minimum atomic E-state index is -0.444. The highest BCUT2D eigenvalue weighted by atomic mass is 16.5. The summed E-state index contributed by atoms with van der Waals surface area (Å²) in [5, 5.41) is 0. The van der Waals surface area contributed by atoms with Crippen molar-refractivity contribution in [1.82, 2.24) is 9.97 Å². The lowest BCUT2D eigenvalue weighted by Crippen LogP contribution is -2.35. The van der Waals surface area contributed by atoms with Crippen LogP contribution >= 0.6 is 0 Å². The van der Waals surface area contributed by atoms with Gasteiger partial charge >= 0.3 is 0 Å². The normalized spacial score (nSPS) is 15.3. The lowest BCUT2D eigenvalue weighted by molar-refractivity contribution is -0.0575. The minimum Gasteiger partial charge on any atom is -0.367 e. The van der Waals surface area contributed by atoms with Crippen LogP contribution in [0.25, 0.3) is 0 Å². The van der Waals surface area contributed by atoms with Crippen LogP contribution in [-0.2, 0) is 23.2 Å². The van der Waals surface area contributed by atoms with Crippen molar-refractivity contribution in [3.05, 3.63) is 27.4 Å². The summed E-state index contributed by atoms with van der Waals surface area (Å²) in [6, 6.07) is 0. The van der Waals surface area contributed by atoms with Gasteiger partial charge in [0.2, 0.25) is 0 Å². The van der Waals surface area contributed by atoms with Crippen molar-refractivity contribution in [3.8, 4) is 0 Å². The fourth-order valence-electron chi connectivity index (χ4n) is 2.95. The molecule has 0 amide bonds. The van der Waals surface area contributed by atoms with E-state index in [1.54, 1.807) is 0 Å². The summed E-state index contributed by atoms with van der Waals surface area (Å²) in [6.07, 6.45) is 5.63. The zero-order chi connectivity index (χ0) is 13.9. The van der Waals surface area contributed by atoms with Gasteiger partial charge in [0.05, 0.1) is 5.69 Å². The Labute approximate surface area is 114 Å². The molecule has 4 nitrogen and oxygen atoms in total. The summed E-state index contributed by atoms with van der Waals surface area (Å²) >= 11 is 0. The highest BCUT2D eigenvalue weighted by molar-refractivity contribution is 5.22. The van der Waals surface area contributed by atoms with E-state index in [0.717, 1.165) is 49.8 Å². The van der Waals surface area contributed by atoms with Crippen molar-refractivity contribution in [2.45, 2.75) is 64.9 Å². The first-order valence-corrected chi connectivity index (χ1v) is 7.43. The maximum Gasteiger partial charge on any atom is 0.254 e. The Morgan fingerprint density at radius 1 is 1.21 bits per heavy atom. The molecule has 0 aromatic carbocycles. The highest BCUT2D eigenvalue weighted by Gasteiger charge is 2.33. The van der Waals surface area contributed by atoms with Gasteiger partial charge < -0.3 is 9.72 Å². The number of aromatic nitrogens is 2. The van der Waals surface area contributed by atoms with Gasteiger partial charge in [0.1, 0.15) is 11.4 Å². The van der Waals surface area contributed by atoms with E-state index in [-0.39, 0.29) is 5.56 Å². The molecule has 0 fully saturated rings. The van der Waals surface area contributed by atoms with Gasteiger partial charge in [-0.15, -0.1) is 0 Å². The second-order valence-corrected chi connectivity index (χ2v) is 5.18. The molecule has 19 heavy (non-hydrogen) atoms. The maximum atomic E-state index is 12.2. The summed E-state index contributed by atoms with van der Waals surface area (Å²) in [5.74, 6) is 0.713. The van der Waals surface area contributed by atoms with Crippen LogP contribution in [0, 0.1) is 0 Å². The Balaban J connectivity index is 2.49. The van der Waals surface area contributed by atoms with Crippen LogP contribution in [0.15, 0.2) is 4.79 Å². The topological polar surface area (TPSA) is 55.0 Å². The van der Waals surface area contributed by atoms with Crippen LogP contribution in [0.4, 0.5) is 0 Å². The number of hydrogen-bond acceptors (Lipinski definition) is 3. The number of fused-ring (bicyclic) bond motifs is 1. The number of nitrogens with zero attached hydrogens (tertiary/aromatic N) is 1. The number of hydrogen-bond donors (Lipinski definition) is 1. The van der Waals surface area contributed by atoms with E-state index in [9.17, 15) is 4.79 Å². The molecule has 0 bridgehead atoms. The van der Waals surface area contributed by atoms with E-state index >= 15 is 0 Å². The van der Waals surface area contributed by atoms with Gasteiger partial charge in [0.25, 0.3) is 5.56 Å². The number of aryl methyl sites for hydroxylation is 1. The Morgan fingerprint density at radius 2 is 1.89 bits per heavy atom. The maximum absolute atomic E-state index is 12.2. The molecular formula is C15H24N2O2. The zero-order valence-corrected chi connectivity index (χ0v) is 12.2. The number of nitrogens with one attached hydrogen (secondary N) is 1. The number of rotatable bonds is 5. The van der Waals surface area contributed by atoms with E-state index in [4.69, 9.17) is 9.72 Å². The Morgan fingerprint density at radius 3 is 2.53 bits per heavy atom. The van der Waals surface area contributed by atoms with Gasteiger partial charge in [-0.1, -0.05) is 13.8 Å². The summed E-state index contributed by atoms with van der Waals surface area (Å²) < 4.78 is 5.93. The van der Waals surface area contributed by atoms with Crippen LogP contribution in [-0.4, -0.2) is 16.6 Å². The van der Waals surface area contributed by atoms with E-state index < -0.39 is 5.60 Å². The molecule has 0 saturated heterocycles. The fourth-order valence-corrected chi connectivity index (χ4v) is 2.95. The molecule has 0 spiro atoms. The van der Waals surface area contributed by atoms with Crippen molar-refractivity contribution in [2.75, 3.05) is 6.61 Å². The Kier molecular flexibility index (Phi) is 4.40. The molecule has 0 aliphatic heterocycles. The molecule has 2 rings (SSSR count). The molecule has 1 aromatic rings. The van der Waals surface area contributed by atoms with Crippen LogP contribution < -0.4 is 5.56 Å². The lowest BCUT2D eigenvalue weighted by atomic mass is 9.93. The second kappa shape index (κ2) is 5.87. The third-order valence-electron chi connectivity index (χ3n) is 4.19. The third-order valence-corrected chi connectivity index (χ3v) is 4.19. The Hall–Kier alpha value is -1.16. The third kappa shape index (κ3) is 2.59. The predicted octanol–water partition coefficient (Wildman–Crippen LogP) is 2.70. The van der Waals surface area contributed by atoms with Crippen LogP contribution in [0.1, 0.15) is 63.5 Å². The van der Waals surface area contributed by atoms with Gasteiger partial charge in [0.15, 0.2) is 0 Å². The molecule has 1 aliphatic carbocycles. The van der Waals surface area contributed by atoms with Crippen molar-refractivity contribution < 1.29 is 4.74 Å². The van der Waals surface area contributed by atoms with Gasteiger partial charge in [-0.3, -0.25) is 4.79 Å². The standard InChI is InChI=1S/C15H24N2O2/c1-4-15(5-2,19-6-3)14-16-12-10-8-7-9-11(12)13(18)17-14/h4-10H2,1-3H3,(H,16,17,18). The van der Waals surface area contributed by atoms with Crippen LogP contribution in [0.3, 0.4) is 0 Å². The van der Waals surface area contributed by atoms with Crippen LogP contribution in [0.5, 0.6) is 0 Å². The average Bonchev–Trinajstić information content (AvgIpc) is 2.45. The van der Waals surface area contributed by atoms with Gasteiger partial charge in [-0.25, -0.2) is 4.98 Å². The van der Waals surface area contributed by atoms with E-state index in [1.807, 2.05) is 6.92 Å². The van der Waals surface area contributed by atoms with Gasteiger partial charge in [-0.2, -0.15) is 0 Å². The van der Waals surface area contributed by atoms with E-state index in [1.165, 1.54) is 0 Å². The van der Waals surface area contributed by atoms with E-state index in [0.29, 0.717) is 12.4 Å². The molecule has 0 radical (unpaired) electrons. The first-order valence-electron chi connectivity index (χ1n) is 7.43. The summed E-state index contributed by atoms with van der Waals surface area (Å²) in [5.41, 5.74) is 1.45. The SMILES string of the molecule is CCOC(CC)(CC)c1nc2c(c(=O)[nH]1)CCCC2. The Bertz CT molecular complexity index is 489.